The molecule has 1 aliphatic carbocycles. The molecule has 0 radical (unpaired) electrons. The molecule has 1 saturated carbocycles. The van der Waals surface area contributed by atoms with E-state index in [2.05, 4.69) is 24.0 Å². The molecule has 1 aromatic rings. The second-order valence-electron chi connectivity index (χ2n) is 4.66. The fourth-order valence-electron chi connectivity index (χ4n) is 1.91. The first-order valence-corrected chi connectivity index (χ1v) is 5.52. The first kappa shape index (κ1) is 10.6. The van der Waals surface area contributed by atoms with Crippen LogP contribution in [0.5, 0.6) is 0 Å². The summed E-state index contributed by atoms with van der Waals surface area (Å²) in [7, 11) is 2.12. The van der Waals surface area contributed by atoms with E-state index >= 15 is 0 Å². The van der Waals surface area contributed by atoms with Gasteiger partial charge in [0.05, 0.1) is 12.2 Å². The van der Waals surface area contributed by atoms with Crippen molar-refractivity contribution in [2.24, 2.45) is 17.6 Å². The van der Waals surface area contributed by atoms with Crippen LogP contribution in [-0.4, -0.2) is 23.6 Å². The zero-order valence-corrected chi connectivity index (χ0v) is 9.44. The molecule has 4 heteroatoms. The summed E-state index contributed by atoms with van der Waals surface area (Å²) in [4.78, 5) is 2.29. The number of aromatic nitrogens is 1. The van der Waals surface area contributed by atoms with Crippen molar-refractivity contribution in [2.45, 2.75) is 26.4 Å². The summed E-state index contributed by atoms with van der Waals surface area (Å²) in [5.41, 5.74) is 6.30. The largest absolute Gasteiger partial charge is 0.360 e. The van der Waals surface area contributed by atoms with E-state index in [0.29, 0.717) is 6.54 Å². The van der Waals surface area contributed by atoms with Gasteiger partial charge in [0, 0.05) is 19.2 Å². The molecule has 0 amide bonds. The first-order chi connectivity index (χ1) is 7.19. The summed E-state index contributed by atoms with van der Waals surface area (Å²) < 4.78 is 5.18. The number of nitrogens with two attached hydrogens (primary N) is 1. The van der Waals surface area contributed by atoms with Crippen molar-refractivity contribution in [3.63, 3.8) is 0 Å². The highest BCUT2D eigenvalue weighted by Crippen LogP contribution is 2.38. The molecule has 2 N–H and O–H groups in total. The maximum Gasteiger partial charge on any atom is 0.151 e. The Labute approximate surface area is 90.4 Å². The fraction of sp³-hybridized carbons (Fsp3) is 0.727. The van der Waals surface area contributed by atoms with Crippen LogP contribution in [0.1, 0.15) is 24.8 Å². The van der Waals surface area contributed by atoms with E-state index in [1.807, 2.05) is 6.07 Å². The summed E-state index contributed by atoms with van der Waals surface area (Å²) in [6.45, 7) is 4.74. The Morgan fingerprint density at radius 3 is 2.93 bits per heavy atom. The van der Waals surface area contributed by atoms with Crippen LogP contribution in [0.25, 0.3) is 0 Å². The van der Waals surface area contributed by atoms with E-state index in [1.165, 1.54) is 6.42 Å². The topological polar surface area (TPSA) is 55.3 Å². The smallest absolute Gasteiger partial charge is 0.151 e. The molecular weight excluding hydrogens is 190 g/mol. The monoisotopic (exact) mass is 209 g/mol. The third-order valence-corrected chi connectivity index (χ3v) is 3.06. The van der Waals surface area contributed by atoms with Gasteiger partial charge in [0.25, 0.3) is 0 Å². The Balaban J connectivity index is 1.80. The maximum absolute atomic E-state index is 5.47. The van der Waals surface area contributed by atoms with Crippen LogP contribution in [0.15, 0.2) is 10.6 Å². The van der Waals surface area contributed by atoms with Gasteiger partial charge >= 0.3 is 0 Å². The van der Waals surface area contributed by atoms with Gasteiger partial charge in [-0.2, -0.15) is 0 Å². The lowest BCUT2D eigenvalue weighted by atomic mass is 10.3. The molecule has 0 aromatic carbocycles. The summed E-state index contributed by atoms with van der Waals surface area (Å²) in [6.07, 6.45) is 1.37. The average Bonchev–Trinajstić information content (AvgIpc) is 2.72. The van der Waals surface area contributed by atoms with Crippen LogP contribution in [0, 0.1) is 11.8 Å². The van der Waals surface area contributed by atoms with Crippen molar-refractivity contribution in [2.75, 3.05) is 13.6 Å². The molecule has 15 heavy (non-hydrogen) atoms. The third-order valence-electron chi connectivity index (χ3n) is 3.06. The molecule has 2 unspecified atom stereocenters. The molecule has 0 saturated heterocycles. The van der Waals surface area contributed by atoms with Crippen LogP contribution in [0.2, 0.25) is 0 Å². The highest BCUT2D eigenvalue weighted by atomic mass is 16.5. The van der Waals surface area contributed by atoms with Crippen molar-refractivity contribution in [1.29, 1.82) is 0 Å². The number of rotatable bonds is 5. The second kappa shape index (κ2) is 4.33. The van der Waals surface area contributed by atoms with Gasteiger partial charge in [-0.3, -0.25) is 4.90 Å². The molecule has 2 atom stereocenters. The average molecular weight is 209 g/mol. The molecule has 1 aromatic heterocycles. The lowest BCUT2D eigenvalue weighted by Crippen LogP contribution is -2.20. The molecule has 0 spiro atoms. The SMILES string of the molecule is CC1CC1CN(C)Cc1cc(CN)no1. The van der Waals surface area contributed by atoms with E-state index in [9.17, 15) is 0 Å². The van der Waals surface area contributed by atoms with Gasteiger partial charge in [-0.15, -0.1) is 0 Å². The van der Waals surface area contributed by atoms with Crippen LogP contribution in [0.3, 0.4) is 0 Å². The Kier molecular flexibility index (Phi) is 3.07. The second-order valence-corrected chi connectivity index (χ2v) is 4.66. The zero-order valence-electron chi connectivity index (χ0n) is 9.44. The minimum Gasteiger partial charge on any atom is -0.360 e. The van der Waals surface area contributed by atoms with Crippen molar-refractivity contribution in [3.8, 4) is 0 Å². The Morgan fingerprint density at radius 1 is 1.67 bits per heavy atom. The Bertz CT molecular complexity index is 323. The predicted molar refractivity (Wildman–Crippen MR) is 58.0 cm³/mol. The van der Waals surface area contributed by atoms with E-state index in [0.717, 1.165) is 36.4 Å². The van der Waals surface area contributed by atoms with E-state index in [-0.39, 0.29) is 0 Å². The van der Waals surface area contributed by atoms with Gasteiger partial charge in [-0.1, -0.05) is 12.1 Å². The molecule has 0 aliphatic heterocycles. The number of hydrogen-bond acceptors (Lipinski definition) is 4. The summed E-state index contributed by atoms with van der Waals surface area (Å²) in [6, 6.07) is 1.94. The number of hydrogen-bond donors (Lipinski definition) is 1. The number of nitrogens with zero attached hydrogens (tertiary/aromatic N) is 2. The molecule has 4 nitrogen and oxygen atoms in total. The van der Waals surface area contributed by atoms with Crippen molar-refractivity contribution in [1.82, 2.24) is 10.1 Å². The highest BCUT2D eigenvalue weighted by Gasteiger charge is 2.33. The van der Waals surface area contributed by atoms with Crippen LogP contribution >= 0.6 is 0 Å². The van der Waals surface area contributed by atoms with Gasteiger partial charge in [0.15, 0.2) is 5.76 Å². The van der Waals surface area contributed by atoms with Gasteiger partial charge in [0.1, 0.15) is 0 Å². The first-order valence-electron chi connectivity index (χ1n) is 5.52. The van der Waals surface area contributed by atoms with Crippen LogP contribution in [0.4, 0.5) is 0 Å². The minimum atomic E-state index is 0.451. The lowest BCUT2D eigenvalue weighted by Gasteiger charge is -2.13. The third kappa shape index (κ3) is 2.79. The van der Waals surface area contributed by atoms with E-state index in [1.54, 1.807) is 0 Å². The lowest BCUT2D eigenvalue weighted by molar-refractivity contribution is 0.261. The van der Waals surface area contributed by atoms with Crippen molar-refractivity contribution >= 4 is 0 Å². The molecule has 1 heterocycles. The molecule has 0 bridgehead atoms. The van der Waals surface area contributed by atoms with Crippen LogP contribution in [-0.2, 0) is 13.1 Å². The quantitative estimate of drug-likeness (QED) is 0.792. The molecule has 84 valence electrons. The fourth-order valence-corrected chi connectivity index (χ4v) is 1.91. The Morgan fingerprint density at radius 2 is 2.40 bits per heavy atom. The summed E-state index contributed by atoms with van der Waals surface area (Å²) in [5.74, 6) is 2.69. The van der Waals surface area contributed by atoms with Crippen LogP contribution < -0.4 is 5.73 Å². The normalized spacial score (nSPS) is 24.8. The predicted octanol–water partition coefficient (Wildman–Crippen LogP) is 1.22. The highest BCUT2D eigenvalue weighted by molar-refractivity contribution is 5.04. The molecular formula is C11H19N3O. The van der Waals surface area contributed by atoms with E-state index in [4.69, 9.17) is 10.3 Å². The van der Waals surface area contributed by atoms with E-state index < -0.39 is 0 Å². The maximum atomic E-state index is 5.47. The van der Waals surface area contributed by atoms with Gasteiger partial charge in [0.2, 0.25) is 0 Å². The van der Waals surface area contributed by atoms with Gasteiger partial charge < -0.3 is 10.3 Å². The van der Waals surface area contributed by atoms with Crippen molar-refractivity contribution < 1.29 is 4.52 Å². The molecule has 1 fully saturated rings. The zero-order chi connectivity index (χ0) is 10.8. The molecule has 1 aliphatic rings. The van der Waals surface area contributed by atoms with Crippen molar-refractivity contribution in [3.05, 3.63) is 17.5 Å². The van der Waals surface area contributed by atoms with Gasteiger partial charge in [-0.25, -0.2) is 0 Å². The standard InChI is InChI=1S/C11H19N3O/c1-8-3-9(8)6-14(2)7-11-4-10(5-12)13-15-11/h4,8-9H,3,5-7,12H2,1-2H3. The molecule has 2 rings (SSSR count). The minimum absolute atomic E-state index is 0.451. The summed E-state index contributed by atoms with van der Waals surface area (Å²) >= 11 is 0. The Hall–Kier alpha value is -0.870. The summed E-state index contributed by atoms with van der Waals surface area (Å²) in [5, 5.41) is 3.87. The van der Waals surface area contributed by atoms with Gasteiger partial charge in [-0.05, 0) is 25.3 Å².